The summed E-state index contributed by atoms with van der Waals surface area (Å²) in [4.78, 5) is 0. The van der Waals surface area contributed by atoms with Gasteiger partial charge in [-0.15, -0.1) is 0 Å². The minimum atomic E-state index is -0.650. The zero-order valence-electron chi connectivity index (χ0n) is 9.52. The summed E-state index contributed by atoms with van der Waals surface area (Å²) >= 11 is 3.25. The summed E-state index contributed by atoms with van der Waals surface area (Å²) in [5.74, 6) is -0.433. The summed E-state index contributed by atoms with van der Waals surface area (Å²) in [6.45, 7) is 0. The molecule has 0 aliphatic rings. The van der Waals surface area contributed by atoms with Gasteiger partial charge < -0.3 is 4.74 Å². The lowest BCUT2D eigenvalue weighted by Gasteiger charge is -2.08. The third kappa shape index (κ3) is 2.90. The van der Waals surface area contributed by atoms with Crippen molar-refractivity contribution in [2.75, 3.05) is 0 Å². The second-order valence-electron chi connectivity index (χ2n) is 3.61. The largest absolute Gasteiger partial charge is 0.453 e. The topological polar surface area (TPSA) is 56.8 Å². The molecule has 0 aromatic heterocycles. The molecule has 0 radical (unpaired) electrons. The SMILES string of the molecule is N#Cc1ccc(Oc2cc(Br)ccc2C#N)c(F)c1. The van der Waals surface area contributed by atoms with Crippen LogP contribution in [0.2, 0.25) is 0 Å². The Morgan fingerprint density at radius 2 is 1.79 bits per heavy atom. The zero-order valence-corrected chi connectivity index (χ0v) is 11.1. The molecule has 0 saturated heterocycles. The van der Waals surface area contributed by atoms with Crippen molar-refractivity contribution in [2.45, 2.75) is 0 Å². The fraction of sp³-hybridized carbons (Fsp3) is 0. The first-order chi connectivity index (χ1) is 9.13. The normalized spacial score (nSPS) is 9.47. The lowest BCUT2D eigenvalue weighted by atomic mass is 10.2. The van der Waals surface area contributed by atoms with E-state index in [1.807, 2.05) is 12.1 Å². The molecule has 5 heteroatoms. The summed E-state index contributed by atoms with van der Waals surface area (Å²) in [5.41, 5.74) is 0.506. The summed E-state index contributed by atoms with van der Waals surface area (Å²) in [6, 6.07) is 12.5. The molecule has 19 heavy (non-hydrogen) atoms. The van der Waals surface area contributed by atoms with Gasteiger partial charge in [0.15, 0.2) is 11.6 Å². The van der Waals surface area contributed by atoms with Gasteiger partial charge in [0.05, 0.1) is 17.2 Å². The maximum Gasteiger partial charge on any atom is 0.167 e. The van der Waals surface area contributed by atoms with Gasteiger partial charge in [-0.2, -0.15) is 10.5 Å². The van der Waals surface area contributed by atoms with Gasteiger partial charge in [0.1, 0.15) is 11.8 Å². The van der Waals surface area contributed by atoms with Crippen molar-refractivity contribution in [3.8, 4) is 23.6 Å². The van der Waals surface area contributed by atoms with Crippen molar-refractivity contribution in [3.05, 3.63) is 57.8 Å². The molecule has 0 unspecified atom stereocenters. The first-order valence-electron chi connectivity index (χ1n) is 5.21. The van der Waals surface area contributed by atoms with Crippen LogP contribution in [0.15, 0.2) is 40.9 Å². The van der Waals surface area contributed by atoms with E-state index in [9.17, 15) is 4.39 Å². The van der Waals surface area contributed by atoms with Crippen molar-refractivity contribution < 1.29 is 9.13 Å². The van der Waals surface area contributed by atoms with Crippen molar-refractivity contribution in [2.24, 2.45) is 0 Å². The average molecular weight is 317 g/mol. The third-order valence-corrected chi connectivity index (χ3v) is 2.84. The molecule has 0 aliphatic carbocycles. The van der Waals surface area contributed by atoms with E-state index in [1.54, 1.807) is 18.2 Å². The smallest absolute Gasteiger partial charge is 0.167 e. The fourth-order valence-electron chi connectivity index (χ4n) is 1.44. The van der Waals surface area contributed by atoms with Gasteiger partial charge in [-0.1, -0.05) is 15.9 Å². The maximum absolute atomic E-state index is 13.7. The number of hydrogen-bond donors (Lipinski definition) is 0. The number of hydrogen-bond acceptors (Lipinski definition) is 3. The van der Waals surface area contributed by atoms with Crippen LogP contribution in [-0.4, -0.2) is 0 Å². The molecule has 0 N–H and O–H groups in total. The Hall–Kier alpha value is -2.37. The fourth-order valence-corrected chi connectivity index (χ4v) is 1.78. The highest BCUT2D eigenvalue weighted by Crippen LogP contribution is 2.30. The molecule has 2 rings (SSSR count). The minimum absolute atomic E-state index is 0.0337. The van der Waals surface area contributed by atoms with Crippen LogP contribution in [0, 0.1) is 28.5 Å². The molecule has 0 amide bonds. The lowest BCUT2D eigenvalue weighted by Crippen LogP contribution is -1.92. The summed E-state index contributed by atoms with van der Waals surface area (Å²) in [7, 11) is 0. The van der Waals surface area contributed by atoms with E-state index in [-0.39, 0.29) is 17.1 Å². The van der Waals surface area contributed by atoms with Crippen LogP contribution in [0.4, 0.5) is 4.39 Å². The molecular weight excluding hydrogens is 311 g/mol. The van der Waals surface area contributed by atoms with Gasteiger partial charge in [0.25, 0.3) is 0 Å². The Morgan fingerprint density at radius 1 is 1.00 bits per heavy atom. The van der Waals surface area contributed by atoms with Crippen molar-refractivity contribution in [1.29, 1.82) is 10.5 Å². The van der Waals surface area contributed by atoms with Gasteiger partial charge in [-0.05, 0) is 36.4 Å². The molecule has 0 saturated carbocycles. The Morgan fingerprint density at radius 3 is 2.42 bits per heavy atom. The van der Waals surface area contributed by atoms with Crippen LogP contribution in [0.25, 0.3) is 0 Å². The Labute approximate surface area is 117 Å². The quantitative estimate of drug-likeness (QED) is 0.837. The third-order valence-electron chi connectivity index (χ3n) is 2.35. The predicted molar refractivity (Wildman–Crippen MR) is 70.0 cm³/mol. The monoisotopic (exact) mass is 316 g/mol. The van der Waals surface area contributed by atoms with E-state index in [1.165, 1.54) is 12.1 Å². The van der Waals surface area contributed by atoms with E-state index >= 15 is 0 Å². The molecule has 0 bridgehead atoms. The molecule has 3 nitrogen and oxygen atoms in total. The highest BCUT2D eigenvalue weighted by atomic mass is 79.9. The number of rotatable bonds is 2. The summed E-state index contributed by atoms with van der Waals surface area (Å²) in [6.07, 6.45) is 0. The van der Waals surface area contributed by atoms with Crippen molar-refractivity contribution in [1.82, 2.24) is 0 Å². The maximum atomic E-state index is 13.7. The van der Waals surface area contributed by atoms with E-state index in [2.05, 4.69) is 15.9 Å². The van der Waals surface area contributed by atoms with E-state index in [4.69, 9.17) is 15.3 Å². The Kier molecular flexibility index (Phi) is 3.79. The molecule has 0 spiro atoms. The Bertz CT molecular complexity index is 716. The van der Waals surface area contributed by atoms with E-state index in [0.29, 0.717) is 5.56 Å². The number of nitriles is 2. The second kappa shape index (κ2) is 5.51. The number of ether oxygens (including phenoxy) is 1. The summed E-state index contributed by atoms with van der Waals surface area (Å²) < 4.78 is 19.8. The van der Waals surface area contributed by atoms with E-state index < -0.39 is 5.82 Å². The first-order valence-corrected chi connectivity index (χ1v) is 6.00. The van der Waals surface area contributed by atoms with Crippen LogP contribution >= 0.6 is 15.9 Å². The Balaban J connectivity index is 2.40. The molecule has 92 valence electrons. The number of benzene rings is 2. The molecule has 0 fully saturated rings. The second-order valence-corrected chi connectivity index (χ2v) is 4.53. The van der Waals surface area contributed by atoms with Crippen LogP contribution < -0.4 is 4.74 Å². The summed E-state index contributed by atoms with van der Waals surface area (Å²) in [5, 5.41) is 17.6. The zero-order chi connectivity index (χ0) is 13.8. The van der Waals surface area contributed by atoms with Crippen molar-refractivity contribution in [3.63, 3.8) is 0 Å². The van der Waals surface area contributed by atoms with Gasteiger partial charge >= 0.3 is 0 Å². The molecule has 2 aromatic rings. The molecular formula is C14H6BrFN2O. The van der Waals surface area contributed by atoms with Gasteiger partial charge in [0, 0.05) is 4.47 Å². The predicted octanol–water partition coefficient (Wildman–Crippen LogP) is 4.12. The van der Waals surface area contributed by atoms with Gasteiger partial charge in [-0.3, -0.25) is 0 Å². The number of halogens is 2. The molecule has 2 aromatic carbocycles. The van der Waals surface area contributed by atoms with Crippen LogP contribution in [0.3, 0.4) is 0 Å². The standard InChI is InChI=1S/C14H6BrFN2O/c15-11-3-2-10(8-18)14(6-11)19-13-4-1-9(7-17)5-12(13)16/h1-6H. The van der Waals surface area contributed by atoms with Gasteiger partial charge in [-0.25, -0.2) is 4.39 Å². The van der Waals surface area contributed by atoms with Crippen LogP contribution in [-0.2, 0) is 0 Å². The van der Waals surface area contributed by atoms with Crippen LogP contribution in [0.5, 0.6) is 11.5 Å². The first kappa shape index (κ1) is 13.1. The van der Waals surface area contributed by atoms with E-state index in [0.717, 1.165) is 10.5 Å². The molecule has 0 atom stereocenters. The lowest BCUT2D eigenvalue weighted by molar-refractivity contribution is 0.441. The van der Waals surface area contributed by atoms with Crippen molar-refractivity contribution >= 4 is 15.9 Å². The number of nitrogens with zero attached hydrogens (tertiary/aromatic N) is 2. The molecule has 0 heterocycles. The highest BCUT2D eigenvalue weighted by Gasteiger charge is 2.10. The highest BCUT2D eigenvalue weighted by molar-refractivity contribution is 9.10. The van der Waals surface area contributed by atoms with Gasteiger partial charge in [0.2, 0.25) is 0 Å². The van der Waals surface area contributed by atoms with Crippen LogP contribution in [0.1, 0.15) is 11.1 Å². The minimum Gasteiger partial charge on any atom is -0.453 e. The average Bonchev–Trinajstić information content (AvgIpc) is 2.41. The molecule has 0 aliphatic heterocycles.